The van der Waals surface area contributed by atoms with Crippen LogP contribution in [0.15, 0.2) is 77.9 Å². The number of hydrogen-bond donors (Lipinski definition) is 2. The number of carbonyl (C=O) groups excluding carboxylic acids is 2. The smallest absolute Gasteiger partial charge is 0.329 e. The van der Waals surface area contributed by atoms with Crippen LogP contribution in [0.4, 0.5) is 10.1 Å². The average molecular weight is 449 g/mol. The van der Waals surface area contributed by atoms with Gasteiger partial charge < -0.3 is 14.8 Å². The summed E-state index contributed by atoms with van der Waals surface area (Å²) in [6.45, 7) is 4.05. The first kappa shape index (κ1) is 23.5. The second-order valence-electron chi connectivity index (χ2n) is 6.93. The fourth-order valence-electron chi connectivity index (χ4n) is 2.85. The number of halogens is 1. The Morgan fingerprint density at radius 1 is 0.909 bits per heavy atom. The van der Waals surface area contributed by atoms with Gasteiger partial charge in [-0.25, -0.2) is 9.82 Å². The Kier molecular flexibility index (Phi) is 8.13. The van der Waals surface area contributed by atoms with E-state index in [9.17, 15) is 14.0 Å². The van der Waals surface area contributed by atoms with Crippen molar-refractivity contribution in [1.82, 2.24) is 5.43 Å². The maximum absolute atomic E-state index is 13.7. The number of hydrogen-bond acceptors (Lipinski definition) is 5. The predicted molar refractivity (Wildman–Crippen MR) is 124 cm³/mol. The molecule has 7 nitrogen and oxygen atoms in total. The molecule has 170 valence electrons. The summed E-state index contributed by atoms with van der Waals surface area (Å²) in [6, 6.07) is 20.2. The van der Waals surface area contributed by atoms with Gasteiger partial charge in [-0.05, 0) is 61.9 Å². The molecule has 0 unspecified atom stereocenters. The molecule has 0 aliphatic carbocycles. The number of rotatable bonds is 8. The highest BCUT2D eigenvalue weighted by molar-refractivity contribution is 6.39. The van der Waals surface area contributed by atoms with Crippen LogP contribution in [0.1, 0.15) is 25.0 Å². The molecule has 3 aromatic carbocycles. The van der Waals surface area contributed by atoms with E-state index >= 15 is 0 Å². The summed E-state index contributed by atoms with van der Waals surface area (Å²) in [5.41, 5.74) is 4.31. The molecule has 33 heavy (non-hydrogen) atoms. The fraction of sp³-hybridized carbons (Fsp3) is 0.160. The highest BCUT2D eigenvalue weighted by atomic mass is 19.1. The zero-order valence-corrected chi connectivity index (χ0v) is 18.3. The zero-order chi connectivity index (χ0) is 23.6. The van der Waals surface area contributed by atoms with E-state index < -0.39 is 11.8 Å². The number of carbonyl (C=O) groups is 2. The summed E-state index contributed by atoms with van der Waals surface area (Å²) in [5, 5.41) is 6.49. The van der Waals surface area contributed by atoms with E-state index in [-0.39, 0.29) is 12.4 Å². The fourth-order valence-corrected chi connectivity index (χ4v) is 2.85. The molecule has 0 atom stereocenters. The first-order valence-electron chi connectivity index (χ1n) is 10.3. The van der Waals surface area contributed by atoms with Crippen molar-refractivity contribution < 1.29 is 23.5 Å². The van der Waals surface area contributed by atoms with Gasteiger partial charge in [-0.3, -0.25) is 9.59 Å². The van der Waals surface area contributed by atoms with Gasteiger partial charge in [-0.2, -0.15) is 5.10 Å². The molecule has 3 aromatic rings. The molecule has 2 amide bonds. The van der Waals surface area contributed by atoms with Crippen LogP contribution in [0, 0.1) is 5.82 Å². The predicted octanol–water partition coefficient (Wildman–Crippen LogP) is 4.28. The van der Waals surface area contributed by atoms with Gasteiger partial charge in [0.1, 0.15) is 23.9 Å². The average Bonchev–Trinajstić information content (AvgIpc) is 2.83. The molecule has 0 spiro atoms. The van der Waals surface area contributed by atoms with Gasteiger partial charge >= 0.3 is 11.8 Å². The van der Waals surface area contributed by atoms with Crippen LogP contribution in [0.2, 0.25) is 0 Å². The van der Waals surface area contributed by atoms with Crippen molar-refractivity contribution in [3.8, 4) is 11.5 Å². The number of nitrogens with one attached hydrogen (secondary N) is 2. The van der Waals surface area contributed by atoms with Gasteiger partial charge in [0.15, 0.2) is 0 Å². The second-order valence-corrected chi connectivity index (χ2v) is 6.93. The third-order valence-corrected chi connectivity index (χ3v) is 4.59. The molecule has 0 aliphatic heterocycles. The van der Waals surface area contributed by atoms with Gasteiger partial charge in [-0.1, -0.05) is 30.3 Å². The van der Waals surface area contributed by atoms with Gasteiger partial charge in [-0.15, -0.1) is 0 Å². The van der Waals surface area contributed by atoms with E-state index in [2.05, 4.69) is 15.8 Å². The number of anilines is 1. The van der Waals surface area contributed by atoms with Gasteiger partial charge in [0, 0.05) is 5.56 Å². The molecular formula is C25H24FN3O4. The monoisotopic (exact) mass is 449 g/mol. The Hall–Kier alpha value is -4.20. The first-order chi connectivity index (χ1) is 16.0. The molecule has 8 heteroatoms. The highest BCUT2D eigenvalue weighted by Crippen LogP contribution is 2.23. The lowest BCUT2D eigenvalue weighted by atomic mass is 10.1. The van der Waals surface area contributed by atoms with Gasteiger partial charge in [0.05, 0.1) is 18.0 Å². The highest BCUT2D eigenvalue weighted by Gasteiger charge is 2.15. The molecule has 0 heterocycles. The topological polar surface area (TPSA) is 89.0 Å². The van der Waals surface area contributed by atoms with Crippen LogP contribution < -0.4 is 20.2 Å². The van der Waals surface area contributed by atoms with Crippen molar-refractivity contribution in [2.45, 2.75) is 20.5 Å². The first-order valence-corrected chi connectivity index (χ1v) is 10.3. The molecule has 0 fully saturated rings. The number of benzene rings is 3. The Morgan fingerprint density at radius 3 is 2.33 bits per heavy atom. The molecule has 2 N–H and O–H groups in total. The van der Waals surface area contributed by atoms with Crippen molar-refractivity contribution >= 4 is 23.2 Å². The molecule has 0 aromatic heterocycles. The maximum atomic E-state index is 13.7. The molecule has 0 saturated carbocycles. The second kappa shape index (κ2) is 11.4. The van der Waals surface area contributed by atoms with E-state index in [1.807, 2.05) is 6.92 Å². The van der Waals surface area contributed by atoms with Crippen LogP contribution in [0.25, 0.3) is 0 Å². The Labute approximate surface area is 191 Å². The third kappa shape index (κ3) is 6.64. The maximum Gasteiger partial charge on any atom is 0.329 e. The number of nitrogens with zero attached hydrogens (tertiary/aromatic N) is 1. The van der Waals surface area contributed by atoms with E-state index in [0.717, 1.165) is 5.56 Å². The standard InChI is InChI=1S/C25H24FN3O4/c1-3-32-23-11-7-6-10-22(23)27-24(30)25(31)29-28-17(2)18-12-14-20(15-13-18)33-16-19-8-4-5-9-21(19)26/h4-15H,3,16H2,1-2H3,(H,27,30)(H,29,31). The largest absolute Gasteiger partial charge is 0.492 e. The van der Waals surface area contributed by atoms with E-state index in [0.29, 0.717) is 35.1 Å². The van der Waals surface area contributed by atoms with Gasteiger partial charge in [0.25, 0.3) is 0 Å². The minimum Gasteiger partial charge on any atom is -0.492 e. The molecule has 3 rings (SSSR count). The Bertz CT molecular complexity index is 1150. The lowest BCUT2D eigenvalue weighted by Crippen LogP contribution is -2.33. The van der Waals surface area contributed by atoms with E-state index in [4.69, 9.17) is 9.47 Å². The Balaban J connectivity index is 1.55. The lowest BCUT2D eigenvalue weighted by molar-refractivity contribution is -0.136. The van der Waals surface area contributed by atoms with Gasteiger partial charge in [0.2, 0.25) is 0 Å². The van der Waals surface area contributed by atoms with Crippen molar-refractivity contribution in [2.24, 2.45) is 5.10 Å². The molecule has 0 radical (unpaired) electrons. The minimum absolute atomic E-state index is 0.108. The van der Waals surface area contributed by atoms with Crippen molar-refractivity contribution in [2.75, 3.05) is 11.9 Å². The van der Waals surface area contributed by atoms with Crippen LogP contribution in [-0.4, -0.2) is 24.1 Å². The summed E-state index contributed by atoms with van der Waals surface area (Å²) in [4.78, 5) is 24.3. The van der Waals surface area contributed by atoms with Crippen molar-refractivity contribution in [1.29, 1.82) is 0 Å². The van der Waals surface area contributed by atoms with E-state index in [1.165, 1.54) is 6.07 Å². The summed E-state index contributed by atoms with van der Waals surface area (Å²) in [6.07, 6.45) is 0. The molecule has 0 saturated heterocycles. The molecule has 0 aliphatic rings. The summed E-state index contributed by atoms with van der Waals surface area (Å²) < 4.78 is 24.7. The van der Waals surface area contributed by atoms with E-state index in [1.54, 1.807) is 73.7 Å². The molecular weight excluding hydrogens is 425 g/mol. The SMILES string of the molecule is CCOc1ccccc1NC(=O)C(=O)NN=C(C)c1ccc(OCc2ccccc2F)cc1. The number of ether oxygens (including phenoxy) is 2. The van der Waals surface area contributed by atoms with Crippen LogP contribution in [0.3, 0.4) is 0 Å². The Morgan fingerprint density at radius 2 is 1.61 bits per heavy atom. The summed E-state index contributed by atoms with van der Waals surface area (Å²) in [7, 11) is 0. The lowest BCUT2D eigenvalue weighted by Gasteiger charge is -2.10. The minimum atomic E-state index is -0.912. The summed E-state index contributed by atoms with van der Waals surface area (Å²) in [5.74, 6) is -1.07. The van der Waals surface area contributed by atoms with Crippen molar-refractivity contribution in [3.63, 3.8) is 0 Å². The number of hydrazone groups is 1. The number of para-hydroxylation sites is 2. The number of amides is 2. The summed E-state index contributed by atoms with van der Waals surface area (Å²) >= 11 is 0. The van der Waals surface area contributed by atoms with Crippen LogP contribution >= 0.6 is 0 Å². The zero-order valence-electron chi connectivity index (χ0n) is 18.3. The normalized spacial score (nSPS) is 10.9. The quantitative estimate of drug-likeness (QED) is 0.305. The van der Waals surface area contributed by atoms with Crippen LogP contribution in [-0.2, 0) is 16.2 Å². The van der Waals surface area contributed by atoms with Crippen molar-refractivity contribution in [3.05, 3.63) is 89.7 Å². The van der Waals surface area contributed by atoms with Crippen LogP contribution in [0.5, 0.6) is 11.5 Å². The molecule has 0 bridgehead atoms. The third-order valence-electron chi connectivity index (χ3n) is 4.59.